The van der Waals surface area contributed by atoms with Crippen LogP contribution in [-0.4, -0.2) is 41.4 Å². The molecule has 1 fully saturated rings. The van der Waals surface area contributed by atoms with Gasteiger partial charge in [-0.05, 0) is 43.1 Å². The molecule has 2 aromatic rings. The number of likely N-dealkylation sites (tertiary alicyclic amines) is 1. The quantitative estimate of drug-likeness (QED) is 0.794. The van der Waals surface area contributed by atoms with Crippen molar-refractivity contribution < 1.29 is 4.79 Å². The highest BCUT2D eigenvalue weighted by Crippen LogP contribution is 2.27. The Morgan fingerprint density at radius 1 is 1.22 bits per heavy atom. The van der Waals surface area contributed by atoms with Crippen LogP contribution < -0.4 is 5.32 Å². The van der Waals surface area contributed by atoms with Crippen LogP contribution in [0.1, 0.15) is 44.4 Å². The number of rotatable bonds is 7. The third kappa shape index (κ3) is 5.18. The molecule has 0 aliphatic carbocycles. The molecule has 1 N–H and O–H groups in total. The van der Waals surface area contributed by atoms with Crippen LogP contribution in [0.3, 0.4) is 0 Å². The number of carbonyl (C=O) groups is 1. The van der Waals surface area contributed by atoms with Crippen LogP contribution in [0.25, 0.3) is 0 Å². The lowest BCUT2D eigenvalue weighted by atomic mass is 10.1. The van der Waals surface area contributed by atoms with Crippen LogP contribution in [0.4, 0.5) is 5.69 Å². The first kappa shape index (κ1) is 19.6. The van der Waals surface area contributed by atoms with E-state index in [2.05, 4.69) is 71.4 Å². The molecule has 0 saturated carbocycles. The van der Waals surface area contributed by atoms with Gasteiger partial charge in [-0.25, -0.2) is 0 Å². The van der Waals surface area contributed by atoms with Gasteiger partial charge in [0.05, 0.1) is 0 Å². The average Bonchev–Trinajstić information content (AvgIpc) is 3.16. The van der Waals surface area contributed by atoms with E-state index in [9.17, 15) is 4.79 Å². The lowest BCUT2D eigenvalue weighted by molar-refractivity contribution is -0.114. The third-order valence-corrected chi connectivity index (χ3v) is 5.58. The highest BCUT2D eigenvalue weighted by molar-refractivity contribution is 5.88. The first-order valence-electron chi connectivity index (χ1n) is 9.96. The SMILES string of the molecule is CCN(Cc1cccc(NC(C)=O)c1)C1CCN(C(C)c2ccccc2)C1. The molecule has 0 spiro atoms. The predicted octanol–water partition coefficient (Wildman–Crippen LogP) is 4.30. The highest BCUT2D eigenvalue weighted by Gasteiger charge is 2.30. The maximum atomic E-state index is 11.3. The monoisotopic (exact) mass is 365 g/mol. The number of likely N-dealkylation sites (N-methyl/N-ethyl adjacent to an activating group) is 1. The van der Waals surface area contributed by atoms with Gasteiger partial charge < -0.3 is 5.32 Å². The van der Waals surface area contributed by atoms with Crippen molar-refractivity contribution >= 4 is 11.6 Å². The summed E-state index contributed by atoms with van der Waals surface area (Å²) in [6.45, 7) is 10.3. The smallest absolute Gasteiger partial charge is 0.221 e. The molecule has 3 rings (SSSR count). The van der Waals surface area contributed by atoms with Crippen LogP contribution in [0.2, 0.25) is 0 Å². The number of benzene rings is 2. The van der Waals surface area contributed by atoms with Crippen LogP contribution in [0.15, 0.2) is 54.6 Å². The summed E-state index contributed by atoms with van der Waals surface area (Å²) in [5, 5.41) is 2.88. The lowest BCUT2D eigenvalue weighted by Gasteiger charge is -2.30. The topological polar surface area (TPSA) is 35.6 Å². The fourth-order valence-electron chi connectivity index (χ4n) is 4.04. The molecule has 2 unspecified atom stereocenters. The number of nitrogens with one attached hydrogen (secondary N) is 1. The van der Waals surface area contributed by atoms with Crippen LogP contribution in [-0.2, 0) is 11.3 Å². The second kappa shape index (κ2) is 9.16. The summed E-state index contributed by atoms with van der Waals surface area (Å²) < 4.78 is 0. The molecular formula is C23H31N3O. The second-order valence-corrected chi connectivity index (χ2v) is 7.47. The van der Waals surface area contributed by atoms with Gasteiger partial charge in [-0.1, -0.05) is 49.4 Å². The van der Waals surface area contributed by atoms with E-state index in [-0.39, 0.29) is 5.91 Å². The van der Waals surface area contributed by atoms with E-state index in [0.717, 1.165) is 31.9 Å². The van der Waals surface area contributed by atoms with Gasteiger partial charge in [-0.2, -0.15) is 0 Å². The number of anilines is 1. The van der Waals surface area contributed by atoms with Crippen LogP contribution in [0.5, 0.6) is 0 Å². The summed E-state index contributed by atoms with van der Waals surface area (Å²) in [6.07, 6.45) is 1.20. The molecule has 0 aromatic heterocycles. The summed E-state index contributed by atoms with van der Waals surface area (Å²) in [5.41, 5.74) is 3.52. The van der Waals surface area contributed by atoms with E-state index < -0.39 is 0 Å². The van der Waals surface area contributed by atoms with Gasteiger partial charge in [0.25, 0.3) is 0 Å². The van der Waals surface area contributed by atoms with Gasteiger partial charge in [0.2, 0.25) is 5.91 Å². The maximum Gasteiger partial charge on any atom is 0.221 e. The summed E-state index contributed by atoms with van der Waals surface area (Å²) in [7, 11) is 0. The van der Waals surface area contributed by atoms with E-state index >= 15 is 0 Å². The van der Waals surface area contributed by atoms with E-state index in [1.807, 2.05) is 12.1 Å². The lowest BCUT2D eigenvalue weighted by Crippen LogP contribution is -2.37. The van der Waals surface area contributed by atoms with Crippen LogP contribution in [0, 0.1) is 0 Å². The molecule has 0 bridgehead atoms. The van der Waals surface area contributed by atoms with Crippen molar-refractivity contribution in [2.75, 3.05) is 25.0 Å². The summed E-state index contributed by atoms with van der Waals surface area (Å²) in [6, 6.07) is 20.0. The first-order valence-corrected chi connectivity index (χ1v) is 9.96. The molecular weight excluding hydrogens is 334 g/mol. The van der Waals surface area contributed by atoms with Crippen LogP contribution >= 0.6 is 0 Å². The minimum Gasteiger partial charge on any atom is -0.326 e. The van der Waals surface area contributed by atoms with E-state index in [1.54, 1.807) is 6.92 Å². The number of hydrogen-bond donors (Lipinski definition) is 1. The van der Waals surface area contributed by atoms with E-state index in [1.165, 1.54) is 17.5 Å². The first-order chi connectivity index (χ1) is 13.1. The fraction of sp³-hybridized carbons (Fsp3) is 0.435. The number of amides is 1. The number of carbonyl (C=O) groups excluding carboxylic acids is 1. The summed E-state index contributed by atoms with van der Waals surface area (Å²) >= 11 is 0. The average molecular weight is 366 g/mol. The molecule has 1 aliphatic rings. The normalized spacial score (nSPS) is 18.6. The molecule has 1 aliphatic heterocycles. The Kier molecular flexibility index (Phi) is 6.64. The van der Waals surface area contributed by atoms with Crippen molar-refractivity contribution in [3.8, 4) is 0 Å². The zero-order chi connectivity index (χ0) is 19.2. The minimum atomic E-state index is -0.0270. The summed E-state index contributed by atoms with van der Waals surface area (Å²) in [4.78, 5) is 16.5. The van der Waals surface area contributed by atoms with Gasteiger partial charge in [0.15, 0.2) is 0 Å². The van der Waals surface area contributed by atoms with Gasteiger partial charge >= 0.3 is 0 Å². The molecule has 27 heavy (non-hydrogen) atoms. The molecule has 4 heteroatoms. The molecule has 0 radical (unpaired) electrons. The Hall–Kier alpha value is -2.17. The van der Waals surface area contributed by atoms with Crippen molar-refractivity contribution in [1.29, 1.82) is 0 Å². The van der Waals surface area contributed by atoms with Gasteiger partial charge in [0, 0.05) is 44.3 Å². The van der Waals surface area contributed by atoms with Crippen molar-refractivity contribution in [3.63, 3.8) is 0 Å². The van der Waals surface area contributed by atoms with Gasteiger partial charge in [-0.15, -0.1) is 0 Å². The molecule has 4 nitrogen and oxygen atoms in total. The van der Waals surface area contributed by atoms with Crippen molar-refractivity contribution in [1.82, 2.24) is 9.80 Å². The van der Waals surface area contributed by atoms with Crippen molar-refractivity contribution in [3.05, 3.63) is 65.7 Å². The van der Waals surface area contributed by atoms with Gasteiger partial charge in [-0.3, -0.25) is 14.6 Å². The highest BCUT2D eigenvalue weighted by atomic mass is 16.1. The second-order valence-electron chi connectivity index (χ2n) is 7.47. The third-order valence-electron chi connectivity index (χ3n) is 5.58. The fourth-order valence-corrected chi connectivity index (χ4v) is 4.04. The zero-order valence-corrected chi connectivity index (χ0v) is 16.7. The largest absolute Gasteiger partial charge is 0.326 e. The number of hydrogen-bond acceptors (Lipinski definition) is 3. The molecule has 1 heterocycles. The molecule has 144 valence electrons. The van der Waals surface area contributed by atoms with Crippen molar-refractivity contribution in [2.45, 2.75) is 45.8 Å². The molecule has 1 saturated heterocycles. The Labute approximate surface area is 163 Å². The Bertz CT molecular complexity index is 746. The Morgan fingerprint density at radius 2 is 2.00 bits per heavy atom. The van der Waals surface area contributed by atoms with Gasteiger partial charge in [0.1, 0.15) is 0 Å². The predicted molar refractivity (Wildman–Crippen MR) is 112 cm³/mol. The minimum absolute atomic E-state index is 0.0270. The Morgan fingerprint density at radius 3 is 2.70 bits per heavy atom. The summed E-state index contributed by atoms with van der Waals surface area (Å²) in [5.74, 6) is -0.0270. The zero-order valence-electron chi connectivity index (χ0n) is 16.7. The molecule has 2 atom stereocenters. The van der Waals surface area contributed by atoms with E-state index in [4.69, 9.17) is 0 Å². The van der Waals surface area contributed by atoms with E-state index in [0.29, 0.717) is 12.1 Å². The maximum absolute atomic E-state index is 11.3. The Balaban J connectivity index is 1.62. The number of nitrogens with zero attached hydrogens (tertiary/aromatic N) is 2. The van der Waals surface area contributed by atoms with Crippen molar-refractivity contribution in [2.24, 2.45) is 0 Å². The molecule has 1 amide bonds. The standard InChI is InChI=1S/C23H31N3O/c1-4-25(16-20-9-8-12-22(15-20)24-19(3)27)23-13-14-26(17-23)18(2)21-10-6-5-7-11-21/h5-12,15,18,23H,4,13-14,16-17H2,1-3H3,(H,24,27). The molecule has 2 aromatic carbocycles.